The van der Waals surface area contributed by atoms with Crippen molar-refractivity contribution in [1.82, 2.24) is 9.55 Å². The number of alkyl halides is 1. The zero-order chi connectivity index (χ0) is 17.0. The van der Waals surface area contributed by atoms with Crippen molar-refractivity contribution >= 4 is 35.0 Å². The minimum absolute atomic E-state index is 0.190. The average Bonchev–Trinajstić information content (AvgIpc) is 3.08. The second kappa shape index (κ2) is 7.60. The molecule has 24 heavy (non-hydrogen) atoms. The smallest absolute Gasteiger partial charge is 0.163 e. The fourth-order valence-electron chi connectivity index (χ4n) is 2.37. The summed E-state index contributed by atoms with van der Waals surface area (Å²) in [5.41, 5.74) is -0.947. The first kappa shape index (κ1) is 17.3. The minimum Gasteiger partial charge on any atom is -0.334 e. The molecule has 0 N–H and O–H groups in total. The Morgan fingerprint density at radius 2 is 1.62 bits per heavy atom. The van der Waals surface area contributed by atoms with Gasteiger partial charge >= 0.3 is 0 Å². The van der Waals surface area contributed by atoms with Crippen molar-refractivity contribution in [2.45, 2.75) is 17.1 Å². The van der Waals surface area contributed by atoms with E-state index in [1.54, 1.807) is 47.6 Å². The van der Waals surface area contributed by atoms with Crippen LogP contribution in [0.4, 0.5) is 4.39 Å². The normalized spacial score (nSPS) is 13.6. The van der Waals surface area contributed by atoms with Gasteiger partial charge in [-0.2, -0.15) is 0 Å². The van der Waals surface area contributed by atoms with Crippen LogP contribution in [0, 0.1) is 0 Å². The fourth-order valence-corrected chi connectivity index (χ4v) is 3.60. The molecule has 6 heteroatoms. The molecule has 0 saturated heterocycles. The molecule has 0 amide bonds. The van der Waals surface area contributed by atoms with Gasteiger partial charge < -0.3 is 4.57 Å². The molecule has 0 aliphatic carbocycles. The van der Waals surface area contributed by atoms with Gasteiger partial charge in [0.15, 0.2) is 5.67 Å². The van der Waals surface area contributed by atoms with Crippen LogP contribution in [-0.4, -0.2) is 15.3 Å². The van der Waals surface area contributed by atoms with Gasteiger partial charge in [-0.1, -0.05) is 35.3 Å². The molecule has 0 radical (unpaired) electrons. The summed E-state index contributed by atoms with van der Waals surface area (Å²) < 4.78 is 17.6. The van der Waals surface area contributed by atoms with Crippen LogP contribution in [0.25, 0.3) is 0 Å². The lowest BCUT2D eigenvalue weighted by Crippen LogP contribution is -2.29. The third-order valence-corrected chi connectivity index (χ3v) is 5.35. The Morgan fingerprint density at radius 3 is 2.21 bits per heavy atom. The molecule has 2 nitrogen and oxygen atoms in total. The predicted octanol–water partition coefficient (Wildman–Crippen LogP) is 5.85. The topological polar surface area (TPSA) is 17.8 Å². The van der Waals surface area contributed by atoms with Crippen LogP contribution in [0.3, 0.4) is 0 Å². The largest absolute Gasteiger partial charge is 0.334 e. The van der Waals surface area contributed by atoms with Crippen molar-refractivity contribution in [1.29, 1.82) is 0 Å². The van der Waals surface area contributed by atoms with E-state index in [1.807, 2.05) is 24.3 Å². The van der Waals surface area contributed by atoms with Gasteiger partial charge in [0.05, 0.1) is 12.9 Å². The summed E-state index contributed by atoms with van der Waals surface area (Å²) >= 11 is 13.3. The molecule has 2 aromatic carbocycles. The molecule has 0 saturated carbocycles. The van der Waals surface area contributed by atoms with Gasteiger partial charge in [0.2, 0.25) is 0 Å². The van der Waals surface area contributed by atoms with Gasteiger partial charge in [0.1, 0.15) is 0 Å². The van der Waals surface area contributed by atoms with Gasteiger partial charge in [-0.3, -0.25) is 0 Å². The summed E-state index contributed by atoms with van der Waals surface area (Å²) in [6.45, 7) is 0.190. The van der Waals surface area contributed by atoms with E-state index >= 15 is 4.39 Å². The monoisotopic (exact) mass is 380 g/mol. The van der Waals surface area contributed by atoms with Crippen molar-refractivity contribution in [2.24, 2.45) is 0 Å². The molecular formula is C18H15Cl2FN2S. The van der Waals surface area contributed by atoms with Crippen LogP contribution in [0.1, 0.15) is 5.56 Å². The number of imidazole rings is 1. The number of hydrogen-bond acceptors (Lipinski definition) is 2. The molecule has 3 rings (SSSR count). The Bertz CT molecular complexity index is 776. The van der Waals surface area contributed by atoms with Crippen LogP contribution < -0.4 is 0 Å². The Balaban J connectivity index is 1.83. The second-order valence-corrected chi connectivity index (χ2v) is 7.37. The third-order valence-electron chi connectivity index (χ3n) is 3.64. The maximum atomic E-state index is 15.8. The number of halogens is 3. The van der Waals surface area contributed by atoms with Gasteiger partial charge in [-0.05, 0) is 42.0 Å². The molecule has 1 unspecified atom stereocenters. The van der Waals surface area contributed by atoms with E-state index < -0.39 is 5.67 Å². The maximum Gasteiger partial charge on any atom is 0.163 e. The van der Waals surface area contributed by atoms with E-state index in [0.29, 0.717) is 15.6 Å². The molecule has 0 aliphatic heterocycles. The summed E-state index contributed by atoms with van der Waals surface area (Å²) in [7, 11) is 0. The molecule has 3 aromatic rings. The van der Waals surface area contributed by atoms with Crippen molar-refractivity contribution in [3.63, 3.8) is 0 Å². The van der Waals surface area contributed by atoms with Crippen LogP contribution in [0.2, 0.25) is 10.0 Å². The second-order valence-electron chi connectivity index (χ2n) is 5.45. The van der Waals surface area contributed by atoms with Gasteiger partial charge in [-0.25, -0.2) is 9.37 Å². The molecule has 0 spiro atoms. The van der Waals surface area contributed by atoms with Crippen molar-refractivity contribution in [2.75, 3.05) is 5.75 Å². The summed E-state index contributed by atoms with van der Waals surface area (Å²) in [6, 6.07) is 14.3. The zero-order valence-electron chi connectivity index (χ0n) is 12.7. The van der Waals surface area contributed by atoms with Crippen molar-refractivity contribution < 1.29 is 4.39 Å². The number of thioether (sulfide) groups is 1. The van der Waals surface area contributed by atoms with E-state index in [4.69, 9.17) is 23.2 Å². The first-order valence-electron chi connectivity index (χ1n) is 7.34. The number of rotatable bonds is 6. The summed E-state index contributed by atoms with van der Waals surface area (Å²) in [6.07, 6.45) is 5.03. The number of benzene rings is 2. The number of hydrogen-bond donors (Lipinski definition) is 0. The van der Waals surface area contributed by atoms with Crippen LogP contribution in [0.15, 0.2) is 72.1 Å². The lowest BCUT2D eigenvalue weighted by atomic mass is 9.97. The number of aromatic nitrogens is 2. The first-order valence-corrected chi connectivity index (χ1v) is 9.08. The highest BCUT2D eigenvalue weighted by Gasteiger charge is 2.33. The molecular weight excluding hydrogens is 366 g/mol. The SMILES string of the molecule is FC(CSc1ccc(Cl)cc1)(Cn1ccnc1)c1ccc(Cl)cc1. The summed E-state index contributed by atoms with van der Waals surface area (Å²) in [4.78, 5) is 4.97. The van der Waals surface area contributed by atoms with E-state index in [0.717, 1.165) is 4.90 Å². The lowest BCUT2D eigenvalue weighted by Gasteiger charge is -2.26. The van der Waals surface area contributed by atoms with Gasteiger partial charge in [0, 0.05) is 33.1 Å². The Labute approximate surface area is 154 Å². The van der Waals surface area contributed by atoms with Crippen LogP contribution in [0.5, 0.6) is 0 Å². The maximum absolute atomic E-state index is 15.8. The molecule has 1 heterocycles. The zero-order valence-corrected chi connectivity index (χ0v) is 15.0. The standard InChI is InChI=1S/C18H15Cl2FN2S/c19-15-3-1-14(2-4-15)18(21,11-23-10-9-22-13-23)12-24-17-7-5-16(20)6-8-17/h1-10,13H,11-12H2. The Kier molecular flexibility index (Phi) is 5.49. The molecule has 0 fully saturated rings. The quantitative estimate of drug-likeness (QED) is 0.499. The average molecular weight is 381 g/mol. The first-order chi connectivity index (χ1) is 11.5. The highest BCUT2D eigenvalue weighted by atomic mass is 35.5. The van der Waals surface area contributed by atoms with Crippen LogP contribution >= 0.6 is 35.0 Å². The fraction of sp³-hybridized carbons (Fsp3) is 0.167. The Hall–Kier alpha value is -1.49. The summed E-state index contributed by atoms with van der Waals surface area (Å²) in [5, 5.41) is 1.26. The molecule has 1 atom stereocenters. The van der Waals surface area contributed by atoms with Crippen molar-refractivity contribution in [3.8, 4) is 0 Å². The molecule has 0 bridgehead atoms. The highest BCUT2D eigenvalue weighted by Crippen LogP contribution is 2.35. The molecule has 124 valence electrons. The Morgan fingerprint density at radius 1 is 1.00 bits per heavy atom. The van der Waals surface area contributed by atoms with E-state index in [2.05, 4.69) is 4.98 Å². The summed E-state index contributed by atoms with van der Waals surface area (Å²) in [5.74, 6) is 0.272. The highest BCUT2D eigenvalue weighted by molar-refractivity contribution is 7.99. The van der Waals surface area contributed by atoms with E-state index in [-0.39, 0.29) is 12.3 Å². The lowest BCUT2D eigenvalue weighted by molar-refractivity contribution is 0.168. The molecule has 1 aromatic heterocycles. The van der Waals surface area contributed by atoms with Gasteiger partial charge in [-0.15, -0.1) is 11.8 Å². The molecule has 0 aliphatic rings. The van der Waals surface area contributed by atoms with E-state index in [1.165, 1.54) is 11.8 Å². The van der Waals surface area contributed by atoms with Crippen LogP contribution in [-0.2, 0) is 12.2 Å². The third kappa shape index (κ3) is 4.32. The minimum atomic E-state index is -1.55. The number of nitrogens with zero attached hydrogens (tertiary/aromatic N) is 2. The van der Waals surface area contributed by atoms with Crippen molar-refractivity contribution in [3.05, 3.63) is 82.9 Å². The van der Waals surface area contributed by atoms with E-state index in [9.17, 15) is 0 Å². The predicted molar refractivity (Wildman–Crippen MR) is 98.6 cm³/mol. The van der Waals surface area contributed by atoms with Gasteiger partial charge in [0.25, 0.3) is 0 Å².